The molecule has 0 fully saturated rings. The van der Waals surface area contributed by atoms with E-state index in [9.17, 15) is 0 Å². The van der Waals surface area contributed by atoms with E-state index in [-0.39, 0.29) is 48.9 Å². The molecule has 2 radical (unpaired) electrons. The van der Waals surface area contributed by atoms with Crippen LogP contribution in [-0.2, 0) is 4.79 Å². The summed E-state index contributed by atoms with van der Waals surface area (Å²) >= 11 is 0. The number of aliphatic hydroxyl groups is 1. The van der Waals surface area contributed by atoms with E-state index in [4.69, 9.17) is 15.0 Å². The first-order valence-corrected chi connectivity index (χ1v) is 1.10. The summed E-state index contributed by atoms with van der Waals surface area (Å²) in [4.78, 5) is 9.12. The fourth-order valence-electron chi connectivity index (χ4n) is 0. The van der Waals surface area contributed by atoms with Crippen LogP contribution in [0.3, 0.4) is 0 Å². The van der Waals surface area contributed by atoms with Gasteiger partial charge in [0.15, 0.2) is 0 Å². The van der Waals surface area contributed by atoms with Gasteiger partial charge >= 0.3 is 5.97 Å². The second-order valence-corrected chi connectivity index (χ2v) is 0.552. The van der Waals surface area contributed by atoms with Crippen molar-refractivity contribution in [2.24, 2.45) is 0 Å². The van der Waals surface area contributed by atoms with Crippen LogP contribution in [0, 0.1) is 0 Å². The van der Waals surface area contributed by atoms with Gasteiger partial charge in [-0.1, -0.05) is 0 Å². The van der Waals surface area contributed by atoms with Crippen molar-refractivity contribution in [2.45, 2.75) is 0 Å². The molecule has 0 unspecified atom stereocenters. The Labute approximate surface area is 75.4 Å². The van der Waals surface area contributed by atoms with Crippen molar-refractivity contribution in [1.29, 1.82) is 0 Å². The van der Waals surface area contributed by atoms with Crippen molar-refractivity contribution < 1.29 is 15.0 Å². The van der Waals surface area contributed by atoms with E-state index < -0.39 is 12.6 Å². The van der Waals surface area contributed by atoms with Crippen molar-refractivity contribution >= 4 is 54.9 Å². The molecule has 0 heterocycles. The molecule has 0 atom stereocenters. The van der Waals surface area contributed by atoms with Gasteiger partial charge < -0.3 is 10.2 Å². The minimum atomic E-state index is -1.19. The average Bonchev–Trinajstić information content (AvgIpc) is 1.38. The van der Waals surface area contributed by atoms with Gasteiger partial charge in [-0.3, -0.25) is 0 Å². The first-order chi connectivity index (χ1) is 2.27. The van der Waals surface area contributed by atoms with Gasteiger partial charge in [-0.15, -0.1) is 0 Å². The van der Waals surface area contributed by atoms with Crippen LogP contribution >= 0.6 is 0 Å². The number of rotatable bonds is 1. The smallest absolute Gasteiger partial charge is 0.329 e. The number of hydrogen-bond acceptors (Lipinski definition) is 2. The first-order valence-electron chi connectivity index (χ1n) is 1.10. The molecule has 0 aromatic carbocycles. The van der Waals surface area contributed by atoms with Crippen LogP contribution in [0.1, 0.15) is 0 Å². The summed E-state index contributed by atoms with van der Waals surface area (Å²) in [5.41, 5.74) is 0. The Morgan fingerprint density at radius 2 is 1.83 bits per heavy atom. The molecule has 0 aliphatic carbocycles. The molecule has 0 saturated carbocycles. The van der Waals surface area contributed by atoms with Crippen LogP contribution in [0.15, 0.2) is 0 Å². The summed E-state index contributed by atoms with van der Waals surface area (Å²) in [7, 11) is 0. The molecule has 0 spiro atoms. The minimum Gasteiger partial charge on any atom is -0.480 e. The maximum atomic E-state index is 9.12. The van der Waals surface area contributed by atoms with Gasteiger partial charge in [-0.05, 0) is 0 Å². The number of carboxylic acids is 1. The van der Waals surface area contributed by atoms with Crippen molar-refractivity contribution in [3.8, 4) is 0 Å². The van der Waals surface area contributed by atoms with E-state index in [2.05, 4.69) is 0 Å². The molecule has 0 aromatic heterocycles. The van der Waals surface area contributed by atoms with Crippen molar-refractivity contribution in [3.05, 3.63) is 0 Å². The third kappa shape index (κ3) is 8.89. The molecule has 0 amide bonds. The Hall–Kier alpha value is 1.00. The zero-order chi connectivity index (χ0) is 4.28. The predicted octanol–water partition coefficient (Wildman–Crippen LogP) is -1.32. The number of aliphatic hydroxyl groups excluding tert-OH is 1. The molecule has 0 aliphatic heterocycles. The molecule has 0 saturated heterocycles. The van der Waals surface area contributed by atoms with Gasteiger partial charge in [0.2, 0.25) is 0 Å². The Balaban J connectivity index is 0. The van der Waals surface area contributed by atoms with E-state index in [1.54, 1.807) is 0 Å². The summed E-state index contributed by atoms with van der Waals surface area (Å²) in [5, 5.41) is 15.0. The SMILES string of the molecule is O=C(O)CO.[Ba]. The van der Waals surface area contributed by atoms with Crippen molar-refractivity contribution in [2.75, 3.05) is 6.61 Å². The number of aliphatic carboxylic acids is 1. The van der Waals surface area contributed by atoms with E-state index in [1.807, 2.05) is 0 Å². The summed E-state index contributed by atoms with van der Waals surface area (Å²) in [5.74, 6) is -1.19. The Morgan fingerprint density at radius 3 is 1.83 bits per heavy atom. The van der Waals surface area contributed by atoms with Crippen LogP contribution in [0.5, 0.6) is 0 Å². The Morgan fingerprint density at radius 1 is 1.67 bits per heavy atom. The minimum absolute atomic E-state index is 0. The molecule has 32 valence electrons. The van der Waals surface area contributed by atoms with Gasteiger partial charge in [-0.2, -0.15) is 0 Å². The number of carbonyl (C=O) groups is 1. The molecule has 0 aliphatic rings. The van der Waals surface area contributed by atoms with Gasteiger partial charge in [0, 0.05) is 48.9 Å². The molecule has 3 nitrogen and oxygen atoms in total. The van der Waals surface area contributed by atoms with E-state index in [1.165, 1.54) is 0 Å². The summed E-state index contributed by atoms with van der Waals surface area (Å²) in [6.07, 6.45) is 0. The van der Waals surface area contributed by atoms with E-state index in [0.717, 1.165) is 0 Å². The van der Waals surface area contributed by atoms with Crippen LogP contribution in [0.4, 0.5) is 0 Å². The summed E-state index contributed by atoms with van der Waals surface area (Å²) in [6, 6.07) is 0. The first kappa shape index (κ1) is 10.1. The van der Waals surface area contributed by atoms with Crippen LogP contribution in [0.2, 0.25) is 0 Å². The standard InChI is InChI=1S/C2H4O3.Ba/c3-1-2(4)5;/h3H,1H2,(H,4,5);. The fourth-order valence-corrected chi connectivity index (χ4v) is 0. The monoisotopic (exact) mass is 214 g/mol. The zero-order valence-corrected chi connectivity index (χ0v) is 7.66. The van der Waals surface area contributed by atoms with Crippen LogP contribution in [0.25, 0.3) is 0 Å². The van der Waals surface area contributed by atoms with E-state index in [0.29, 0.717) is 0 Å². The Kier molecular flexibility index (Phi) is 10.1. The number of carboxylic acid groups (broad SMARTS) is 1. The predicted molar refractivity (Wildman–Crippen MR) is 20.5 cm³/mol. The van der Waals surface area contributed by atoms with Crippen LogP contribution < -0.4 is 0 Å². The van der Waals surface area contributed by atoms with Gasteiger partial charge in [0.25, 0.3) is 0 Å². The maximum Gasteiger partial charge on any atom is 0.329 e. The second-order valence-electron chi connectivity index (χ2n) is 0.552. The van der Waals surface area contributed by atoms with Gasteiger partial charge in [0.05, 0.1) is 0 Å². The van der Waals surface area contributed by atoms with Gasteiger partial charge in [-0.25, -0.2) is 4.79 Å². The Bertz CT molecular complexity index is 44.1. The molecule has 2 N–H and O–H groups in total. The van der Waals surface area contributed by atoms with Crippen LogP contribution in [-0.4, -0.2) is 71.7 Å². The average molecular weight is 213 g/mol. The second kappa shape index (κ2) is 6.00. The molecular weight excluding hydrogens is 209 g/mol. The fraction of sp³-hybridized carbons (Fsp3) is 0.500. The third-order valence-electron chi connectivity index (χ3n) is 0.135. The summed E-state index contributed by atoms with van der Waals surface area (Å²) in [6.45, 7) is -0.778. The molecule has 6 heavy (non-hydrogen) atoms. The quantitative estimate of drug-likeness (QED) is 0.531. The molecule has 0 aromatic rings. The van der Waals surface area contributed by atoms with E-state index >= 15 is 0 Å². The third-order valence-corrected chi connectivity index (χ3v) is 0.135. The zero-order valence-electron chi connectivity index (χ0n) is 3.22. The summed E-state index contributed by atoms with van der Waals surface area (Å²) < 4.78 is 0. The molecular formula is C2H4BaO3. The van der Waals surface area contributed by atoms with Gasteiger partial charge in [0.1, 0.15) is 6.61 Å². The largest absolute Gasteiger partial charge is 0.480 e. The maximum absolute atomic E-state index is 9.12. The molecule has 4 heteroatoms. The molecule has 0 bridgehead atoms. The normalized spacial score (nSPS) is 6.17. The van der Waals surface area contributed by atoms with Crippen molar-refractivity contribution in [1.82, 2.24) is 0 Å². The van der Waals surface area contributed by atoms with Crippen molar-refractivity contribution in [3.63, 3.8) is 0 Å². The molecule has 0 rings (SSSR count). The topological polar surface area (TPSA) is 57.5 Å². The number of hydrogen-bond donors (Lipinski definition) is 2.